The summed E-state index contributed by atoms with van der Waals surface area (Å²) >= 11 is 1.29. The standard InChI is InChI=1S/C2H5IO3S/c3-7(5,6)2-1-4/h4H,1-2H2. The molecule has 0 atom stereocenters. The lowest BCUT2D eigenvalue weighted by Gasteiger charge is -1.84. The smallest absolute Gasteiger partial charge is 0.205 e. The van der Waals surface area contributed by atoms with E-state index in [1.165, 1.54) is 21.2 Å². The molecule has 44 valence electrons. The topological polar surface area (TPSA) is 54.4 Å². The SMILES string of the molecule is O=S(=O)(I)CCO. The third kappa shape index (κ3) is 6.64. The number of hydrogen-bond donors (Lipinski definition) is 1. The van der Waals surface area contributed by atoms with Crippen molar-refractivity contribution in [2.75, 3.05) is 12.4 Å². The zero-order valence-electron chi connectivity index (χ0n) is 3.46. The van der Waals surface area contributed by atoms with Gasteiger partial charge < -0.3 is 5.11 Å². The fourth-order valence-electron chi connectivity index (χ4n) is 0.109. The van der Waals surface area contributed by atoms with Gasteiger partial charge in [0.1, 0.15) is 0 Å². The maximum absolute atomic E-state index is 10.1. The molecule has 0 aromatic carbocycles. The molecule has 3 nitrogen and oxygen atoms in total. The van der Waals surface area contributed by atoms with E-state index in [4.69, 9.17) is 5.11 Å². The van der Waals surface area contributed by atoms with Crippen LogP contribution in [0.15, 0.2) is 0 Å². The van der Waals surface area contributed by atoms with Gasteiger partial charge in [-0.2, -0.15) is 0 Å². The summed E-state index contributed by atoms with van der Waals surface area (Å²) in [6.07, 6.45) is 0. The van der Waals surface area contributed by atoms with Crippen LogP contribution in [-0.2, 0) is 7.01 Å². The molecule has 0 unspecified atom stereocenters. The second-order valence-corrected chi connectivity index (χ2v) is 6.48. The Morgan fingerprint density at radius 1 is 1.57 bits per heavy atom. The Hall–Kier alpha value is 0.640. The summed E-state index contributed by atoms with van der Waals surface area (Å²) in [7, 11) is -2.95. The Labute approximate surface area is 54.2 Å². The third-order valence-electron chi connectivity index (χ3n) is 0.335. The van der Waals surface area contributed by atoms with Gasteiger partial charge in [0, 0.05) is 0 Å². The first kappa shape index (κ1) is 7.64. The molecule has 5 heteroatoms. The van der Waals surface area contributed by atoms with E-state index in [0.717, 1.165) is 0 Å². The summed E-state index contributed by atoms with van der Waals surface area (Å²) in [6.45, 7) is -0.286. The number of hydrogen-bond acceptors (Lipinski definition) is 3. The van der Waals surface area contributed by atoms with E-state index in [-0.39, 0.29) is 12.4 Å². The molecule has 0 rings (SSSR count). The summed E-state index contributed by atoms with van der Waals surface area (Å²) in [6, 6.07) is 0. The van der Waals surface area contributed by atoms with Crippen LogP contribution in [-0.4, -0.2) is 25.9 Å². The quantitative estimate of drug-likeness (QED) is 0.531. The van der Waals surface area contributed by atoms with Crippen molar-refractivity contribution < 1.29 is 13.5 Å². The highest BCUT2D eigenvalue weighted by molar-refractivity contribution is 14.2. The molecule has 0 aromatic heterocycles. The minimum absolute atomic E-state index is 0.145. The number of aliphatic hydroxyl groups excluding tert-OH is 1. The average molecular weight is 236 g/mol. The Bertz CT molecular complexity index is 126. The molecule has 0 bridgehead atoms. The van der Waals surface area contributed by atoms with Crippen LogP contribution in [0.2, 0.25) is 0 Å². The summed E-state index contributed by atoms with van der Waals surface area (Å²) in [5.41, 5.74) is 0. The average Bonchev–Trinajstić information content (AvgIpc) is 1.30. The van der Waals surface area contributed by atoms with E-state index in [1.807, 2.05) is 0 Å². The van der Waals surface area contributed by atoms with Gasteiger partial charge >= 0.3 is 0 Å². The largest absolute Gasteiger partial charge is 0.395 e. The molecule has 0 aliphatic rings. The first-order valence-electron chi connectivity index (χ1n) is 1.59. The molecule has 0 saturated heterocycles. The predicted molar refractivity (Wildman–Crippen MR) is 34.9 cm³/mol. The van der Waals surface area contributed by atoms with E-state index < -0.39 is 7.01 Å². The van der Waals surface area contributed by atoms with Crippen molar-refractivity contribution in [1.82, 2.24) is 0 Å². The van der Waals surface area contributed by atoms with Gasteiger partial charge in [-0.05, 0) is 0 Å². The van der Waals surface area contributed by atoms with Crippen LogP contribution in [0.1, 0.15) is 0 Å². The Balaban J connectivity index is 3.60. The summed E-state index contributed by atoms with van der Waals surface area (Å²) < 4.78 is 20.1. The minimum atomic E-state index is -2.95. The van der Waals surface area contributed by atoms with Crippen LogP contribution in [0.25, 0.3) is 0 Å². The number of rotatable bonds is 2. The van der Waals surface area contributed by atoms with Crippen LogP contribution < -0.4 is 0 Å². The zero-order chi connectivity index (χ0) is 5.91. The van der Waals surface area contributed by atoms with Crippen molar-refractivity contribution in [2.45, 2.75) is 0 Å². The molecule has 1 N–H and O–H groups in total. The fraction of sp³-hybridized carbons (Fsp3) is 1.00. The highest BCUT2D eigenvalue weighted by atomic mass is 127. The lowest BCUT2D eigenvalue weighted by Crippen LogP contribution is -1.99. The molecule has 0 spiro atoms. The minimum Gasteiger partial charge on any atom is -0.395 e. The molecule has 0 aliphatic carbocycles. The molecular formula is C2H5IO3S. The first-order chi connectivity index (χ1) is 3.06. The Morgan fingerprint density at radius 2 is 2.00 bits per heavy atom. The van der Waals surface area contributed by atoms with Crippen LogP contribution in [0.4, 0.5) is 0 Å². The van der Waals surface area contributed by atoms with Gasteiger partial charge in [-0.25, -0.2) is 8.42 Å². The van der Waals surface area contributed by atoms with Gasteiger partial charge in [0.2, 0.25) is 7.01 Å². The summed E-state index contributed by atoms with van der Waals surface area (Å²) in [5, 5.41) is 8.02. The molecule has 0 aliphatic heterocycles. The van der Waals surface area contributed by atoms with Crippen LogP contribution in [0.3, 0.4) is 0 Å². The van der Waals surface area contributed by atoms with E-state index in [2.05, 4.69) is 0 Å². The molecule has 0 amide bonds. The lowest BCUT2D eigenvalue weighted by molar-refractivity contribution is 0.320. The molecule has 0 saturated carbocycles. The summed E-state index contributed by atoms with van der Waals surface area (Å²) in [5.74, 6) is -0.145. The van der Waals surface area contributed by atoms with Crippen molar-refractivity contribution in [3.8, 4) is 0 Å². The van der Waals surface area contributed by atoms with Crippen LogP contribution >= 0.6 is 21.2 Å². The third-order valence-corrected chi connectivity index (χ3v) is 2.33. The van der Waals surface area contributed by atoms with Gasteiger partial charge in [-0.3, -0.25) is 0 Å². The normalized spacial score (nSPS) is 11.7. The van der Waals surface area contributed by atoms with Crippen molar-refractivity contribution >= 4 is 28.2 Å². The highest BCUT2D eigenvalue weighted by Crippen LogP contribution is 1.98. The van der Waals surface area contributed by atoms with Gasteiger partial charge in [-0.15, -0.1) is 0 Å². The van der Waals surface area contributed by atoms with E-state index in [0.29, 0.717) is 0 Å². The van der Waals surface area contributed by atoms with Crippen molar-refractivity contribution in [1.29, 1.82) is 0 Å². The van der Waals surface area contributed by atoms with Gasteiger partial charge in [0.15, 0.2) is 0 Å². The zero-order valence-corrected chi connectivity index (χ0v) is 6.44. The maximum atomic E-state index is 10.1. The predicted octanol–water partition coefficient (Wildman–Crippen LogP) is -0.256. The van der Waals surface area contributed by atoms with Gasteiger partial charge in [-0.1, -0.05) is 0 Å². The highest BCUT2D eigenvalue weighted by Gasteiger charge is 1.99. The summed E-state index contributed by atoms with van der Waals surface area (Å²) in [4.78, 5) is 0. The lowest BCUT2D eigenvalue weighted by atomic mass is 10.9. The van der Waals surface area contributed by atoms with Crippen molar-refractivity contribution in [2.24, 2.45) is 0 Å². The van der Waals surface area contributed by atoms with Crippen molar-refractivity contribution in [3.63, 3.8) is 0 Å². The Kier molecular flexibility index (Phi) is 3.09. The number of halogens is 1. The van der Waals surface area contributed by atoms with Gasteiger partial charge in [0.25, 0.3) is 0 Å². The molecule has 0 aromatic rings. The van der Waals surface area contributed by atoms with Gasteiger partial charge in [0.05, 0.1) is 33.6 Å². The molecule has 7 heavy (non-hydrogen) atoms. The number of aliphatic hydroxyl groups is 1. The van der Waals surface area contributed by atoms with Crippen LogP contribution in [0.5, 0.6) is 0 Å². The molecule has 0 radical (unpaired) electrons. The Morgan fingerprint density at radius 3 is 2.00 bits per heavy atom. The molecule has 0 fully saturated rings. The van der Waals surface area contributed by atoms with E-state index in [1.54, 1.807) is 0 Å². The van der Waals surface area contributed by atoms with Crippen molar-refractivity contribution in [3.05, 3.63) is 0 Å². The molecule has 0 heterocycles. The van der Waals surface area contributed by atoms with E-state index in [9.17, 15) is 8.42 Å². The second kappa shape index (κ2) is 2.83. The fourth-order valence-corrected chi connectivity index (χ4v) is 0.918. The second-order valence-electron chi connectivity index (χ2n) is 0.967. The van der Waals surface area contributed by atoms with Crippen LogP contribution in [0, 0.1) is 0 Å². The monoisotopic (exact) mass is 236 g/mol. The molecular weight excluding hydrogens is 231 g/mol. The van der Waals surface area contributed by atoms with E-state index >= 15 is 0 Å². The maximum Gasteiger partial charge on any atom is 0.205 e. The first-order valence-corrected chi connectivity index (χ1v) is 5.79.